The first-order valence-corrected chi connectivity index (χ1v) is 7.12. The lowest BCUT2D eigenvalue weighted by atomic mass is 9.84. The van der Waals surface area contributed by atoms with Gasteiger partial charge in [-0.3, -0.25) is 0 Å². The van der Waals surface area contributed by atoms with Crippen molar-refractivity contribution < 1.29 is 4.39 Å². The van der Waals surface area contributed by atoms with E-state index < -0.39 is 5.97 Å². The van der Waals surface area contributed by atoms with E-state index >= 15 is 0 Å². The van der Waals surface area contributed by atoms with Crippen LogP contribution in [0.25, 0.3) is 5.70 Å². The van der Waals surface area contributed by atoms with Gasteiger partial charge in [0.1, 0.15) is 5.69 Å². The van der Waals surface area contributed by atoms with E-state index in [9.17, 15) is 4.39 Å². The van der Waals surface area contributed by atoms with Gasteiger partial charge in [0.2, 0.25) is 0 Å². The van der Waals surface area contributed by atoms with E-state index in [4.69, 9.17) is 12.2 Å². The van der Waals surface area contributed by atoms with Gasteiger partial charge >= 0.3 is 0 Å². The van der Waals surface area contributed by atoms with E-state index in [0.717, 1.165) is 25.7 Å². The SMILES string of the molecule is C#CC1(CC)CCC(n2cnc(C(=C)N)c2N=C(C)F)C1. The predicted molar refractivity (Wildman–Crippen MR) is 83.8 cm³/mol. The zero-order chi connectivity index (χ0) is 15.6. The quantitative estimate of drug-likeness (QED) is 0.680. The third-order valence-electron chi connectivity index (χ3n) is 4.29. The molecule has 0 spiro atoms. The Kier molecular flexibility index (Phi) is 4.17. The average molecular weight is 288 g/mol. The van der Waals surface area contributed by atoms with Gasteiger partial charge in [-0.15, -0.1) is 6.42 Å². The molecule has 1 aliphatic carbocycles. The molecule has 1 aromatic rings. The van der Waals surface area contributed by atoms with Gasteiger partial charge in [0, 0.05) is 18.4 Å². The molecule has 0 aromatic carbocycles. The van der Waals surface area contributed by atoms with Crippen LogP contribution in [0.3, 0.4) is 0 Å². The largest absolute Gasteiger partial charge is 0.397 e. The van der Waals surface area contributed by atoms with Crippen molar-refractivity contribution in [3.63, 3.8) is 0 Å². The Morgan fingerprint density at radius 1 is 1.76 bits per heavy atom. The molecule has 21 heavy (non-hydrogen) atoms. The molecule has 4 nitrogen and oxygen atoms in total. The number of rotatable bonds is 4. The Hall–Kier alpha value is -2.09. The second-order valence-corrected chi connectivity index (χ2v) is 5.63. The van der Waals surface area contributed by atoms with Gasteiger partial charge in [-0.05, 0) is 25.7 Å². The standard InChI is InChI=1S/C16H21FN4/c1-5-16(6-2)8-7-13(9-16)21-10-19-14(11(3)18)15(21)20-12(4)17/h1,10,13H,3,6-9,18H2,2,4H3. The van der Waals surface area contributed by atoms with Crippen molar-refractivity contribution in [2.24, 2.45) is 16.1 Å². The Labute approximate surface area is 125 Å². The van der Waals surface area contributed by atoms with E-state index in [1.165, 1.54) is 6.92 Å². The first-order valence-electron chi connectivity index (χ1n) is 7.12. The number of aromatic nitrogens is 2. The number of halogens is 1. The Morgan fingerprint density at radius 2 is 2.48 bits per heavy atom. The Morgan fingerprint density at radius 3 is 2.95 bits per heavy atom. The van der Waals surface area contributed by atoms with E-state index in [2.05, 4.69) is 29.4 Å². The molecule has 0 saturated heterocycles. The number of hydrogen-bond acceptors (Lipinski definition) is 3. The van der Waals surface area contributed by atoms with Crippen molar-refractivity contribution in [2.45, 2.75) is 45.6 Å². The first kappa shape index (κ1) is 15.3. The summed E-state index contributed by atoms with van der Waals surface area (Å²) in [5, 5.41) is 0. The number of imidazole rings is 1. The molecular weight excluding hydrogens is 267 g/mol. The minimum absolute atomic E-state index is 0.0828. The fourth-order valence-electron chi connectivity index (χ4n) is 2.99. The van der Waals surface area contributed by atoms with Crippen LogP contribution in [0.5, 0.6) is 0 Å². The summed E-state index contributed by atoms with van der Waals surface area (Å²) < 4.78 is 15.1. The predicted octanol–water partition coefficient (Wildman–Crippen LogP) is 3.59. The highest BCUT2D eigenvalue weighted by Gasteiger charge is 2.38. The second-order valence-electron chi connectivity index (χ2n) is 5.63. The zero-order valence-electron chi connectivity index (χ0n) is 12.6. The summed E-state index contributed by atoms with van der Waals surface area (Å²) in [5.41, 5.74) is 6.35. The van der Waals surface area contributed by atoms with Crippen molar-refractivity contribution >= 4 is 17.5 Å². The van der Waals surface area contributed by atoms with E-state index in [1.54, 1.807) is 6.33 Å². The molecular formula is C16H21FN4. The molecule has 5 heteroatoms. The van der Waals surface area contributed by atoms with Crippen LogP contribution in [0.15, 0.2) is 17.9 Å². The lowest BCUT2D eigenvalue weighted by Crippen LogP contribution is -2.14. The molecule has 112 valence electrons. The number of nitrogens with two attached hydrogens (primary N) is 1. The van der Waals surface area contributed by atoms with Crippen LogP contribution in [0.4, 0.5) is 10.2 Å². The molecule has 0 aliphatic heterocycles. The highest BCUT2D eigenvalue weighted by atomic mass is 19.1. The lowest BCUT2D eigenvalue weighted by molar-refractivity contribution is 0.377. The molecule has 2 rings (SSSR count). The van der Waals surface area contributed by atoms with Gasteiger partial charge in [0.25, 0.3) is 0 Å². The molecule has 2 N–H and O–H groups in total. The van der Waals surface area contributed by atoms with Crippen molar-refractivity contribution in [2.75, 3.05) is 0 Å². The Bertz CT molecular complexity index is 619. The van der Waals surface area contributed by atoms with Crippen LogP contribution in [0.2, 0.25) is 0 Å². The molecule has 1 fully saturated rings. The third-order valence-corrected chi connectivity index (χ3v) is 4.29. The monoisotopic (exact) mass is 288 g/mol. The van der Waals surface area contributed by atoms with Gasteiger partial charge < -0.3 is 10.3 Å². The summed E-state index contributed by atoms with van der Waals surface area (Å²) >= 11 is 0. The van der Waals surface area contributed by atoms with Crippen LogP contribution in [-0.4, -0.2) is 15.5 Å². The fraction of sp³-hybridized carbons (Fsp3) is 0.500. The normalized spacial score (nSPS) is 25.8. The van der Waals surface area contributed by atoms with Crippen LogP contribution in [0.1, 0.15) is 51.3 Å². The molecule has 0 radical (unpaired) electrons. The summed E-state index contributed by atoms with van der Waals surface area (Å²) in [7, 11) is 0. The number of terminal acetylenes is 1. The summed E-state index contributed by atoms with van der Waals surface area (Å²) in [6.07, 6.45) is 11.0. The average Bonchev–Trinajstić information content (AvgIpc) is 3.02. The van der Waals surface area contributed by atoms with Gasteiger partial charge in [-0.25, -0.2) is 9.98 Å². The highest BCUT2D eigenvalue weighted by Crippen LogP contribution is 2.47. The summed E-state index contributed by atoms with van der Waals surface area (Å²) in [6.45, 7) is 7.08. The van der Waals surface area contributed by atoms with Gasteiger partial charge in [0.05, 0.1) is 12.0 Å². The molecule has 1 aromatic heterocycles. The molecule has 2 atom stereocenters. The molecule has 1 aliphatic rings. The van der Waals surface area contributed by atoms with E-state index in [-0.39, 0.29) is 17.2 Å². The summed E-state index contributed by atoms with van der Waals surface area (Å²) in [6, 6.07) is 0.166. The number of aliphatic imine (C=N–C) groups is 1. The fourth-order valence-corrected chi connectivity index (χ4v) is 2.99. The van der Waals surface area contributed by atoms with Crippen LogP contribution in [-0.2, 0) is 0 Å². The minimum atomic E-state index is -0.532. The maximum Gasteiger partial charge on any atom is 0.187 e. The maximum atomic E-state index is 13.3. The van der Waals surface area contributed by atoms with Gasteiger partial charge in [0.15, 0.2) is 11.8 Å². The van der Waals surface area contributed by atoms with E-state index in [0.29, 0.717) is 11.5 Å². The molecule has 2 unspecified atom stereocenters. The maximum absolute atomic E-state index is 13.3. The number of hydrogen-bond donors (Lipinski definition) is 1. The zero-order valence-corrected chi connectivity index (χ0v) is 12.6. The van der Waals surface area contributed by atoms with Crippen molar-refractivity contribution in [3.05, 3.63) is 18.6 Å². The smallest absolute Gasteiger partial charge is 0.187 e. The topological polar surface area (TPSA) is 56.2 Å². The molecule has 0 amide bonds. The first-order chi connectivity index (χ1) is 9.92. The van der Waals surface area contributed by atoms with Crippen LogP contribution < -0.4 is 5.73 Å². The van der Waals surface area contributed by atoms with Crippen molar-refractivity contribution in [1.29, 1.82) is 0 Å². The summed E-state index contributed by atoms with van der Waals surface area (Å²) in [5.74, 6) is 2.83. The van der Waals surface area contributed by atoms with Gasteiger partial charge in [-0.1, -0.05) is 19.4 Å². The molecule has 1 saturated carbocycles. The highest BCUT2D eigenvalue weighted by molar-refractivity contribution is 5.78. The van der Waals surface area contributed by atoms with Crippen molar-refractivity contribution in [1.82, 2.24) is 9.55 Å². The van der Waals surface area contributed by atoms with Crippen molar-refractivity contribution in [3.8, 4) is 12.3 Å². The van der Waals surface area contributed by atoms with Crippen LogP contribution in [0, 0.1) is 17.8 Å². The summed E-state index contributed by atoms with van der Waals surface area (Å²) in [4.78, 5) is 8.17. The second kappa shape index (κ2) is 5.72. The van der Waals surface area contributed by atoms with E-state index in [1.807, 2.05) is 4.57 Å². The molecule has 0 bridgehead atoms. The molecule has 1 heterocycles. The van der Waals surface area contributed by atoms with Gasteiger partial charge in [-0.2, -0.15) is 4.39 Å². The lowest BCUT2D eigenvalue weighted by Gasteiger charge is -2.21. The third kappa shape index (κ3) is 2.85. The number of nitrogens with zero attached hydrogens (tertiary/aromatic N) is 3. The van der Waals surface area contributed by atoms with Crippen LogP contribution >= 0.6 is 0 Å². The minimum Gasteiger partial charge on any atom is -0.397 e. The Balaban J connectivity index is 2.40.